The molecule has 0 fully saturated rings. The second-order valence-corrected chi connectivity index (χ2v) is 4.16. The Kier molecular flexibility index (Phi) is 4.03. The standard InChI is InChI=1S/C10H8BrF3O3/c1-5(15)9(11)6-2-3-8(7(16)4-6)17-10(12,13)14/h2-4,9,16H,1H3. The highest BCUT2D eigenvalue weighted by Crippen LogP contribution is 2.35. The SMILES string of the molecule is CC(=O)C(Br)c1ccc(OC(F)(F)F)c(O)c1. The van der Waals surface area contributed by atoms with Crippen molar-refractivity contribution in [2.24, 2.45) is 0 Å². The minimum Gasteiger partial charge on any atom is -0.504 e. The van der Waals surface area contributed by atoms with Gasteiger partial charge in [-0.05, 0) is 24.6 Å². The lowest BCUT2D eigenvalue weighted by atomic mass is 10.1. The second kappa shape index (κ2) is 4.95. The average Bonchev–Trinajstić information content (AvgIpc) is 2.18. The summed E-state index contributed by atoms with van der Waals surface area (Å²) in [5, 5.41) is 9.33. The number of ether oxygens (including phenoxy) is 1. The summed E-state index contributed by atoms with van der Waals surface area (Å²) in [7, 11) is 0. The van der Waals surface area contributed by atoms with E-state index in [0.29, 0.717) is 5.56 Å². The van der Waals surface area contributed by atoms with E-state index in [2.05, 4.69) is 20.7 Å². The monoisotopic (exact) mass is 312 g/mol. The van der Waals surface area contributed by atoms with Crippen LogP contribution < -0.4 is 4.74 Å². The van der Waals surface area contributed by atoms with Crippen LogP contribution >= 0.6 is 15.9 Å². The molecule has 1 atom stereocenters. The summed E-state index contributed by atoms with van der Waals surface area (Å²) < 4.78 is 39.3. The zero-order valence-electron chi connectivity index (χ0n) is 8.58. The van der Waals surface area contributed by atoms with Gasteiger partial charge >= 0.3 is 6.36 Å². The van der Waals surface area contributed by atoms with Crippen LogP contribution in [0.25, 0.3) is 0 Å². The molecule has 1 aromatic rings. The summed E-state index contributed by atoms with van der Waals surface area (Å²) >= 11 is 3.05. The molecular formula is C10H8BrF3O3. The maximum absolute atomic E-state index is 11.9. The molecule has 1 aromatic carbocycles. The topological polar surface area (TPSA) is 46.5 Å². The van der Waals surface area contributed by atoms with Gasteiger partial charge in [0.15, 0.2) is 11.5 Å². The summed E-state index contributed by atoms with van der Waals surface area (Å²) in [6.07, 6.45) is -4.87. The summed E-state index contributed by atoms with van der Waals surface area (Å²) in [4.78, 5) is 10.4. The van der Waals surface area contributed by atoms with Gasteiger partial charge in [0.05, 0.1) is 4.83 Å². The second-order valence-electron chi connectivity index (χ2n) is 3.25. The number of ketones is 1. The molecule has 0 aliphatic carbocycles. The van der Waals surface area contributed by atoms with Crippen molar-refractivity contribution in [3.05, 3.63) is 23.8 Å². The Morgan fingerprint density at radius 2 is 2.06 bits per heavy atom. The number of hydrogen-bond acceptors (Lipinski definition) is 3. The van der Waals surface area contributed by atoms with Crippen molar-refractivity contribution in [2.45, 2.75) is 18.1 Å². The van der Waals surface area contributed by atoms with Crippen LogP contribution in [0.5, 0.6) is 11.5 Å². The van der Waals surface area contributed by atoms with E-state index in [0.717, 1.165) is 12.1 Å². The molecule has 0 saturated heterocycles. The molecule has 0 spiro atoms. The highest BCUT2D eigenvalue weighted by atomic mass is 79.9. The van der Waals surface area contributed by atoms with E-state index in [4.69, 9.17) is 0 Å². The highest BCUT2D eigenvalue weighted by Gasteiger charge is 2.32. The van der Waals surface area contributed by atoms with Gasteiger partial charge in [-0.25, -0.2) is 0 Å². The minimum atomic E-state index is -4.87. The van der Waals surface area contributed by atoms with Crippen LogP contribution in [0.1, 0.15) is 17.3 Å². The van der Waals surface area contributed by atoms with Crippen molar-refractivity contribution in [1.82, 2.24) is 0 Å². The van der Waals surface area contributed by atoms with Crippen LogP contribution in [-0.4, -0.2) is 17.3 Å². The number of benzene rings is 1. The summed E-state index contributed by atoms with van der Waals surface area (Å²) in [6.45, 7) is 1.32. The van der Waals surface area contributed by atoms with E-state index in [1.165, 1.54) is 13.0 Å². The average molecular weight is 313 g/mol. The first-order chi connectivity index (χ1) is 7.70. The summed E-state index contributed by atoms with van der Waals surface area (Å²) in [5.41, 5.74) is 0.351. The molecule has 0 amide bonds. The fraction of sp³-hybridized carbons (Fsp3) is 0.300. The third kappa shape index (κ3) is 3.92. The Morgan fingerprint density at radius 3 is 2.47 bits per heavy atom. The van der Waals surface area contributed by atoms with Gasteiger partial charge < -0.3 is 9.84 Å². The van der Waals surface area contributed by atoms with Gasteiger partial charge in [-0.2, -0.15) is 0 Å². The van der Waals surface area contributed by atoms with Crippen LogP contribution in [0.2, 0.25) is 0 Å². The van der Waals surface area contributed by atoms with E-state index in [1.54, 1.807) is 0 Å². The van der Waals surface area contributed by atoms with Crippen LogP contribution in [0, 0.1) is 0 Å². The number of phenolic OH excluding ortho intramolecular Hbond substituents is 1. The number of Topliss-reactive ketones (excluding diaryl/α,β-unsaturated/α-hetero) is 1. The van der Waals surface area contributed by atoms with Gasteiger partial charge in [0, 0.05) is 0 Å². The fourth-order valence-corrected chi connectivity index (χ4v) is 1.42. The first-order valence-electron chi connectivity index (χ1n) is 4.44. The van der Waals surface area contributed by atoms with Gasteiger partial charge in [-0.1, -0.05) is 22.0 Å². The van der Waals surface area contributed by atoms with Crippen molar-refractivity contribution < 1.29 is 27.8 Å². The van der Waals surface area contributed by atoms with E-state index in [1.807, 2.05) is 0 Å². The molecule has 3 nitrogen and oxygen atoms in total. The number of carbonyl (C=O) groups is 1. The van der Waals surface area contributed by atoms with Crippen molar-refractivity contribution in [3.63, 3.8) is 0 Å². The molecule has 0 heterocycles. The molecule has 0 aliphatic heterocycles. The lowest BCUT2D eigenvalue weighted by Crippen LogP contribution is -2.17. The van der Waals surface area contributed by atoms with E-state index >= 15 is 0 Å². The van der Waals surface area contributed by atoms with Crippen LogP contribution in [0.4, 0.5) is 13.2 Å². The maximum atomic E-state index is 11.9. The quantitative estimate of drug-likeness (QED) is 0.871. The smallest absolute Gasteiger partial charge is 0.504 e. The molecule has 1 rings (SSSR count). The van der Waals surface area contributed by atoms with Crippen molar-refractivity contribution in [1.29, 1.82) is 0 Å². The van der Waals surface area contributed by atoms with Crippen LogP contribution in [0.15, 0.2) is 18.2 Å². The molecule has 1 unspecified atom stereocenters. The molecule has 1 N–H and O–H groups in total. The molecule has 0 radical (unpaired) electrons. The number of aromatic hydroxyl groups is 1. The Bertz CT molecular complexity index is 431. The van der Waals surface area contributed by atoms with Crippen LogP contribution in [-0.2, 0) is 4.79 Å². The molecule has 0 aliphatic rings. The van der Waals surface area contributed by atoms with E-state index < -0.39 is 22.7 Å². The van der Waals surface area contributed by atoms with Crippen molar-refractivity contribution in [3.8, 4) is 11.5 Å². The normalized spacial score (nSPS) is 13.2. The number of rotatable bonds is 3. The Labute approximate surface area is 103 Å². The van der Waals surface area contributed by atoms with Crippen molar-refractivity contribution in [2.75, 3.05) is 0 Å². The predicted molar refractivity (Wildman–Crippen MR) is 57.1 cm³/mol. The first-order valence-corrected chi connectivity index (χ1v) is 5.35. The summed E-state index contributed by atoms with van der Waals surface area (Å²) in [5.74, 6) is -1.61. The molecule has 94 valence electrons. The third-order valence-corrected chi connectivity index (χ3v) is 3.03. The number of alkyl halides is 4. The predicted octanol–water partition coefficient (Wildman–Crippen LogP) is 3.32. The number of phenols is 1. The molecular weight excluding hydrogens is 305 g/mol. The lowest BCUT2D eigenvalue weighted by Gasteiger charge is -2.12. The Morgan fingerprint density at radius 1 is 1.47 bits per heavy atom. The molecule has 17 heavy (non-hydrogen) atoms. The zero-order chi connectivity index (χ0) is 13.2. The van der Waals surface area contributed by atoms with Gasteiger partial charge in [0.2, 0.25) is 0 Å². The van der Waals surface area contributed by atoms with Gasteiger partial charge in [-0.15, -0.1) is 13.2 Å². The Balaban J connectivity index is 2.98. The van der Waals surface area contributed by atoms with Gasteiger partial charge in [0.25, 0.3) is 0 Å². The third-order valence-electron chi connectivity index (χ3n) is 1.86. The van der Waals surface area contributed by atoms with Gasteiger partial charge in [-0.3, -0.25) is 4.79 Å². The summed E-state index contributed by atoms with van der Waals surface area (Å²) in [6, 6.07) is 3.26. The zero-order valence-corrected chi connectivity index (χ0v) is 10.2. The first kappa shape index (κ1) is 13.8. The minimum absolute atomic E-state index is 0.228. The largest absolute Gasteiger partial charge is 0.573 e. The number of carbonyl (C=O) groups excluding carboxylic acids is 1. The fourth-order valence-electron chi connectivity index (χ4n) is 1.14. The molecule has 7 heteroatoms. The molecule has 0 bridgehead atoms. The number of halogens is 4. The van der Waals surface area contributed by atoms with Crippen molar-refractivity contribution >= 4 is 21.7 Å². The molecule has 0 aromatic heterocycles. The Hall–Kier alpha value is -1.24. The number of hydrogen-bond donors (Lipinski definition) is 1. The highest BCUT2D eigenvalue weighted by molar-refractivity contribution is 9.09. The molecule has 0 saturated carbocycles. The van der Waals surface area contributed by atoms with E-state index in [-0.39, 0.29) is 5.78 Å². The van der Waals surface area contributed by atoms with Crippen LogP contribution in [0.3, 0.4) is 0 Å². The lowest BCUT2D eigenvalue weighted by molar-refractivity contribution is -0.275. The maximum Gasteiger partial charge on any atom is 0.573 e. The van der Waals surface area contributed by atoms with E-state index in [9.17, 15) is 23.1 Å². The van der Waals surface area contributed by atoms with Gasteiger partial charge in [0.1, 0.15) is 5.78 Å².